The standard InChI is InChI=1S/C6H12O3/c1-5(2)6(9-7)4-8-3/h6-7H,1,4H2,2-3H3. The van der Waals surface area contributed by atoms with E-state index in [4.69, 9.17) is 9.99 Å². The van der Waals surface area contributed by atoms with Crippen LogP contribution in [0.1, 0.15) is 6.92 Å². The first-order valence-corrected chi connectivity index (χ1v) is 2.67. The molecule has 0 fully saturated rings. The van der Waals surface area contributed by atoms with Crippen molar-refractivity contribution in [3.8, 4) is 0 Å². The zero-order valence-electron chi connectivity index (χ0n) is 5.76. The minimum atomic E-state index is -0.394. The summed E-state index contributed by atoms with van der Waals surface area (Å²) in [5.41, 5.74) is 0.749. The fraction of sp³-hybridized carbons (Fsp3) is 0.667. The first kappa shape index (κ1) is 8.62. The van der Waals surface area contributed by atoms with Crippen LogP contribution in [0, 0.1) is 0 Å². The molecule has 3 heteroatoms. The van der Waals surface area contributed by atoms with E-state index >= 15 is 0 Å². The van der Waals surface area contributed by atoms with Gasteiger partial charge in [0, 0.05) is 7.11 Å². The summed E-state index contributed by atoms with van der Waals surface area (Å²) in [5.74, 6) is 0. The highest BCUT2D eigenvalue weighted by atomic mass is 17.1. The van der Waals surface area contributed by atoms with Gasteiger partial charge in [-0.1, -0.05) is 6.58 Å². The second kappa shape index (κ2) is 4.49. The van der Waals surface area contributed by atoms with E-state index in [1.165, 1.54) is 7.11 Å². The van der Waals surface area contributed by atoms with Gasteiger partial charge in [0.15, 0.2) is 0 Å². The molecule has 1 unspecified atom stereocenters. The molecule has 0 aliphatic rings. The highest BCUT2D eigenvalue weighted by Crippen LogP contribution is 2.01. The lowest BCUT2D eigenvalue weighted by molar-refractivity contribution is -0.275. The summed E-state index contributed by atoms with van der Waals surface area (Å²) in [6.45, 7) is 5.68. The first-order valence-electron chi connectivity index (χ1n) is 2.67. The molecule has 0 saturated carbocycles. The van der Waals surface area contributed by atoms with Crippen LogP contribution in [-0.4, -0.2) is 25.1 Å². The first-order chi connectivity index (χ1) is 4.22. The lowest BCUT2D eigenvalue weighted by atomic mass is 10.2. The van der Waals surface area contributed by atoms with Crippen molar-refractivity contribution >= 4 is 0 Å². The molecule has 0 bridgehead atoms. The summed E-state index contributed by atoms with van der Waals surface area (Å²) in [7, 11) is 1.54. The van der Waals surface area contributed by atoms with Gasteiger partial charge in [0.05, 0.1) is 6.61 Å². The number of ether oxygens (including phenoxy) is 1. The van der Waals surface area contributed by atoms with E-state index < -0.39 is 6.10 Å². The molecule has 0 radical (unpaired) electrons. The zero-order valence-corrected chi connectivity index (χ0v) is 5.76. The SMILES string of the molecule is C=C(C)C(COC)OO. The van der Waals surface area contributed by atoms with Gasteiger partial charge in [0.25, 0.3) is 0 Å². The van der Waals surface area contributed by atoms with Gasteiger partial charge in [-0.15, -0.1) is 0 Å². The lowest BCUT2D eigenvalue weighted by Gasteiger charge is -2.10. The molecule has 0 rings (SSSR count). The van der Waals surface area contributed by atoms with Gasteiger partial charge >= 0.3 is 0 Å². The summed E-state index contributed by atoms with van der Waals surface area (Å²) < 4.78 is 4.71. The van der Waals surface area contributed by atoms with E-state index in [0.29, 0.717) is 6.61 Å². The Labute approximate surface area is 54.8 Å². The normalized spacial score (nSPS) is 13.2. The van der Waals surface area contributed by atoms with Crippen molar-refractivity contribution in [1.82, 2.24) is 0 Å². The topological polar surface area (TPSA) is 38.7 Å². The Kier molecular flexibility index (Phi) is 4.30. The second-order valence-electron chi connectivity index (χ2n) is 1.90. The highest BCUT2D eigenvalue weighted by molar-refractivity contribution is 4.96. The Balaban J connectivity index is 3.54. The fourth-order valence-corrected chi connectivity index (χ4v) is 0.414. The molecule has 0 aromatic heterocycles. The maximum Gasteiger partial charge on any atom is 0.136 e. The van der Waals surface area contributed by atoms with Crippen molar-refractivity contribution < 1.29 is 14.9 Å². The van der Waals surface area contributed by atoms with Gasteiger partial charge < -0.3 is 4.74 Å². The van der Waals surface area contributed by atoms with Crippen molar-refractivity contribution in [2.75, 3.05) is 13.7 Å². The molecule has 0 aromatic carbocycles. The molecule has 54 valence electrons. The van der Waals surface area contributed by atoms with Crippen LogP contribution in [-0.2, 0) is 9.62 Å². The molecule has 0 aliphatic heterocycles. The Morgan fingerprint density at radius 1 is 1.78 bits per heavy atom. The average molecular weight is 132 g/mol. The summed E-state index contributed by atoms with van der Waals surface area (Å²) in [5, 5.41) is 8.19. The Morgan fingerprint density at radius 2 is 2.33 bits per heavy atom. The molecule has 9 heavy (non-hydrogen) atoms. The van der Waals surface area contributed by atoms with Gasteiger partial charge in [0.1, 0.15) is 6.10 Å². The molecular formula is C6H12O3. The summed E-state index contributed by atoms with van der Waals surface area (Å²) in [6, 6.07) is 0. The molecule has 0 aromatic rings. The average Bonchev–Trinajstić information content (AvgIpc) is 1.82. The van der Waals surface area contributed by atoms with Crippen LogP contribution in [0.3, 0.4) is 0 Å². The lowest BCUT2D eigenvalue weighted by Crippen LogP contribution is -2.17. The van der Waals surface area contributed by atoms with E-state index in [1.54, 1.807) is 6.92 Å². The van der Waals surface area contributed by atoms with Crippen molar-refractivity contribution in [1.29, 1.82) is 0 Å². The maximum absolute atomic E-state index is 8.19. The number of rotatable bonds is 4. The van der Waals surface area contributed by atoms with E-state index in [2.05, 4.69) is 11.5 Å². The molecule has 1 atom stereocenters. The Morgan fingerprint density at radius 3 is 2.44 bits per heavy atom. The summed E-state index contributed by atoms with van der Waals surface area (Å²) in [4.78, 5) is 4.03. The molecule has 3 nitrogen and oxygen atoms in total. The highest BCUT2D eigenvalue weighted by Gasteiger charge is 2.07. The predicted molar refractivity (Wildman–Crippen MR) is 34.2 cm³/mol. The van der Waals surface area contributed by atoms with E-state index in [9.17, 15) is 0 Å². The van der Waals surface area contributed by atoms with Crippen LogP contribution in [0.25, 0.3) is 0 Å². The van der Waals surface area contributed by atoms with Crippen molar-refractivity contribution in [2.24, 2.45) is 0 Å². The Bertz CT molecular complexity index is 90.3. The molecule has 0 saturated heterocycles. The second-order valence-corrected chi connectivity index (χ2v) is 1.90. The number of methoxy groups -OCH3 is 1. The van der Waals surface area contributed by atoms with Crippen LogP contribution < -0.4 is 0 Å². The summed E-state index contributed by atoms with van der Waals surface area (Å²) in [6.07, 6.45) is -0.394. The quantitative estimate of drug-likeness (QED) is 0.353. The van der Waals surface area contributed by atoms with Crippen molar-refractivity contribution in [3.05, 3.63) is 12.2 Å². The van der Waals surface area contributed by atoms with Crippen LogP contribution in [0.5, 0.6) is 0 Å². The third-order valence-corrected chi connectivity index (χ3v) is 0.995. The van der Waals surface area contributed by atoms with Crippen molar-refractivity contribution in [2.45, 2.75) is 13.0 Å². The molecular weight excluding hydrogens is 120 g/mol. The minimum Gasteiger partial charge on any atom is -0.382 e. The van der Waals surface area contributed by atoms with E-state index in [1.807, 2.05) is 0 Å². The van der Waals surface area contributed by atoms with Crippen LogP contribution in [0.4, 0.5) is 0 Å². The minimum absolute atomic E-state index is 0.339. The largest absolute Gasteiger partial charge is 0.382 e. The third kappa shape index (κ3) is 3.24. The zero-order chi connectivity index (χ0) is 7.28. The molecule has 0 amide bonds. The van der Waals surface area contributed by atoms with Crippen LogP contribution >= 0.6 is 0 Å². The monoisotopic (exact) mass is 132 g/mol. The smallest absolute Gasteiger partial charge is 0.136 e. The van der Waals surface area contributed by atoms with Gasteiger partial charge in [-0.05, 0) is 12.5 Å². The van der Waals surface area contributed by atoms with E-state index in [-0.39, 0.29) is 0 Å². The molecule has 0 aliphatic carbocycles. The fourth-order valence-electron chi connectivity index (χ4n) is 0.414. The van der Waals surface area contributed by atoms with Gasteiger partial charge in [-0.25, -0.2) is 4.89 Å². The van der Waals surface area contributed by atoms with Gasteiger partial charge in [0.2, 0.25) is 0 Å². The van der Waals surface area contributed by atoms with Gasteiger partial charge in [-0.3, -0.25) is 5.26 Å². The predicted octanol–water partition coefficient (Wildman–Crippen LogP) is 1.07. The third-order valence-electron chi connectivity index (χ3n) is 0.995. The molecule has 1 N–H and O–H groups in total. The van der Waals surface area contributed by atoms with E-state index in [0.717, 1.165) is 5.57 Å². The Hall–Kier alpha value is -0.380. The van der Waals surface area contributed by atoms with Crippen molar-refractivity contribution in [3.63, 3.8) is 0 Å². The van der Waals surface area contributed by atoms with Gasteiger partial charge in [-0.2, -0.15) is 0 Å². The molecule has 0 heterocycles. The summed E-state index contributed by atoms with van der Waals surface area (Å²) >= 11 is 0. The van der Waals surface area contributed by atoms with Crippen LogP contribution in [0.2, 0.25) is 0 Å². The molecule has 0 spiro atoms. The van der Waals surface area contributed by atoms with Crippen LogP contribution in [0.15, 0.2) is 12.2 Å². The maximum atomic E-state index is 8.19. The number of hydrogen-bond donors (Lipinski definition) is 1. The number of hydrogen-bond acceptors (Lipinski definition) is 3.